The zero-order valence-corrected chi connectivity index (χ0v) is 17.4. The van der Waals surface area contributed by atoms with Crippen molar-refractivity contribution in [2.24, 2.45) is 11.3 Å². The smallest absolute Gasteiger partial charge is 0.254 e. The summed E-state index contributed by atoms with van der Waals surface area (Å²) in [6.07, 6.45) is 9.22. The van der Waals surface area contributed by atoms with Gasteiger partial charge in [-0.2, -0.15) is 0 Å². The van der Waals surface area contributed by atoms with Gasteiger partial charge in [0.25, 0.3) is 5.91 Å². The lowest BCUT2D eigenvalue weighted by atomic mass is 9.90. The molecule has 2 aromatic rings. The standard InChI is InChI=1S/C23H30N4O2/c1-17-5-3-6-19(18(17)2)22(29)27-12-7-23(8-13-27)15-20(23)21(28)25-9-4-11-26-14-10-24-16-26/h3,5-6,10,14,16,20H,4,7-9,11-13,15H2,1-2H3,(H,25,28). The van der Waals surface area contributed by atoms with Gasteiger partial charge >= 0.3 is 0 Å². The first-order chi connectivity index (χ1) is 14.0. The molecule has 2 heterocycles. The molecule has 29 heavy (non-hydrogen) atoms. The molecule has 1 aromatic heterocycles. The minimum absolute atomic E-state index is 0.118. The first kappa shape index (κ1) is 19.7. The summed E-state index contributed by atoms with van der Waals surface area (Å²) in [6, 6.07) is 5.92. The molecule has 4 rings (SSSR count). The predicted octanol–water partition coefficient (Wildman–Crippen LogP) is 2.95. The second kappa shape index (κ2) is 8.01. The number of carbonyl (C=O) groups is 2. The summed E-state index contributed by atoms with van der Waals surface area (Å²) < 4.78 is 2.02. The number of hydrogen-bond donors (Lipinski definition) is 1. The summed E-state index contributed by atoms with van der Waals surface area (Å²) in [5, 5.41) is 3.10. The van der Waals surface area contributed by atoms with Crippen molar-refractivity contribution < 1.29 is 9.59 Å². The summed E-state index contributed by atoms with van der Waals surface area (Å²) >= 11 is 0. The Balaban J connectivity index is 1.24. The molecule has 1 aliphatic heterocycles. The number of piperidine rings is 1. The van der Waals surface area contributed by atoms with Crippen LogP contribution in [-0.2, 0) is 11.3 Å². The van der Waals surface area contributed by atoms with Crippen LogP contribution in [0.15, 0.2) is 36.9 Å². The summed E-state index contributed by atoms with van der Waals surface area (Å²) in [4.78, 5) is 31.5. The molecule has 1 atom stereocenters. The van der Waals surface area contributed by atoms with Gasteiger partial charge in [0, 0.05) is 50.1 Å². The van der Waals surface area contributed by atoms with Crippen LogP contribution in [0.3, 0.4) is 0 Å². The molecule has 1 spiro atoms. The lowest BCUT2D eigenvalue weighted by Crippen LogP contribution is -2.41. The van der Waals surface area contributed by atoms with E-state index in [1.54, 1.807) is 12.5 Å². The van der Waals surface area contributed by atoms with Gasteiger partial charge in [0.1, 0.15) is 0 Å². The molecule has 0 bridgehead atoms. The first-order valence-electron chi connectivity index (χ1n) is 10.6. The highest BCUT2D eigenvalue weighted by molar-refractivity contribution is 5.96. The Bertz CT molecular complexity index is 882. The minimum atomic E-state index is 0.118. The third-order valence-electron chi connectivity index (χ3n) is 6.84. The van der Waals surface area contributed by atoms with E-state index < -0.39 is 0 Å². The maximum atomic E-state index is 12.9. The second-order valence-electron chi connectivity index (χ2n) is 8.60. The molecule has 1 aliphatic carbocycles. The molecule has 154 valence electrons. The van der Waals surface area contributed by atoms with E-state index in [4.69, 9.17) is 0 Å². The monoisotopic (exact) mass is 394 g/mol. The number of aryl methyl sites for hydroxylation is 2. The van der Waals surface area contributed by atoms with E-state index in [2.05, 4.69) is 10.3 Å². The lowest BCUT2D eigenvalue weighted by Gasteiger charge is -2.33. The summed E-state index contributed by atoms with van der Waals surface area (Å²) in [6.45, 7) is 7.11. The topological polar surface area (TPSA) is 67.2 Å². The van der Waals surface area contributed by atoms with Crippen molar-refractivity contribution in [3.8, 4) is 0 Å². The van der Waals surface area contributed by atoms with Crippen molar-refractivity contribution in [3.63, 3.8) is 0 Å². The van der Waals surface area contributed by atoms with Crippen LogP contribution in [0.25, 0.3) is 0 Å². The van der Waals surface area contributed by atoms with E-state index in [1.165, 1.54) is 0 Å². The van der Waals surface area contributed by atoms with Crippen LogP contribution in [0, 0.1) is 25.2 Å². The van der Waals surface area contributed by atoms with Crippen LogP contribution in [0.1, 0.15) is 47.2 Å². The maximum Gasteiger partial charge on any atom is 0.254 e. The number of nitrogens with zero attached hydrogens (tertiary/aromatic N) is 3. The van der Waals surface area contributed by atoms with E-state index in [-0.39, 0.29) is 23.1 Å². The Labute approximate surface area is 172 Å². The number of carbonyl (C=O) groups excluding carboxylic acids is 2. The van der Waals surface area contributed by atoms with Gasteiger partial charge < -0.3 is 14.8 Å². The van der Waals surface area contributed by atoms with Crippen LogP contribution < -0.4 is 5.32 Å². The number of aromatic nitrogens is 2. The van der Waals surface area contributed by atoms with E-state index in [0.717, 1.165) is 62.0 Å². The van der Waals surface area contributed by atoms with Gasteiger partial charge in [-0.3, -0.25) is 9.59 Å². The minimum Gasteiger partial charge on any atom is -0.356 e. The fourth-order valence-electron chi connectivity index (χ4n) is 4.59. The summed E-state index contributed by atoms with van der Waals surface area (Å²) in [5.41, 5.74) is 3.14. The van der Waals surface area contributed by atoms with Gasteiger partial charge in [-0.25, -0.2) is 4.98 Å². The van der Waals surface area contributed by atoms with E-state index in [0.29, 0.717) is 6.54 Å². The van der Waals surface area contributed by atoms with E-state index in [1.807, 2.05) is 47.7 Å². The number of hydrogen-bond acceptors (Lipinski definition) is 3. The number of rotatable bonds is 6. The van der Waals surface area contributed by atoms with Gasteiger partial charge in [-0.05, 0) is 62.1 Å². The molecule has 0 radical (unpaired) electrons. The highest BCUT2D eigenvalue weighted by atomic mass is 16.2. The molecule has 1 saturated carbocycles. The third-order valence-corrected chi connectivity index (χ3v) is 6.84. The van der Waals surface area contributed by atoms with Crippen molar-refractivity contribution in [1.82, 2.24) is 19.8 Å². The average molecular weight is 395 g/mol. The van der Waals surface area contributed by atoms with Crippen molar-refractivity contribution in [2.75, 3.05) is 19.6 Å². The average Bonchev–Trinajstić information content (AvgIpc) is 3.17. The van der Waals surface area contributed by atoms with Crippen LogP contribution in [0.5, 0.6) is 0 Å². The predicted molar refractivity (Wildman–Crippen MR) is 111 cm³/mol. The van der Waals surface area contributed by atoms with Crippen molar-refractivity contribution in [1.29, 1.82) is 0 Å². The summed E-state index contributed by atoms with van der Waals surface area (Å²) in [7, 11) is 0. The second-order valence-corrected chi connectivity index (χ2v) is 8.60. The van der Waals surface area contributed by atoms with Gasteiger partial charge in [0.05, 0.1) is 6.33 Å². The van der Waals surface area contributed by atoms with E-state index in [9.17, 15) is 9.59 Å². The zero-order valence-electron chi connectivity index (χ0n) is 17.4. The Hall–Kier alpha value is -2.63. The molecule has 1 saturated heterocycles. The number of likely N-dealkylation sites (tertiary alicyclic amines) is 1. The van der Waals surface area contributed by atoms with Crippen LogP contribution >= 0.6 is 0 Å². The maximum absolute atomic E-state index is 12.9. The van der Waals surface area contributed by atoms with Gasteiger partial charge in [0.2, 0.25) is 5.91 Å². The van der Waals surface area contributed by atoms with Crippen LogP contribution in [-0.4, -0.2) is 45.9 Å². The molecule has 2 amide bonds. The molecule has 6 heteroatoms. The molecule has 2 aliphatic rings. The zero-order chi connectivity index (χ0) is 20.4. The first-order valence-corrected chi connectivity index (χ1v) is 10.6. The number of nitrogens with one attached hydrogen (secondary N) is 1. The molecular formula is C23H30N4O2. The molecule has 2 fully saturated rings. The number of imidazole rings is 1. The molecule has 6 nitrogen and oxygen atoms in total. The number of benzene rings is 1. The number of amides is 2. The van der Waals surface area contributed by atoms with Gasteiger partial charge in [-0.1, -0.05) is 12.1 Å². The SMILES string of the molecule is Cc1cccc(C(=O)N2CCC3(CC2)CC3C(=O)NCCCn2ccnc2)c1C. The molecule has 1 N–H and O–H groups in total. The fourth-order valence-corrected chi connectivity index (χ4v) is 4.59. The van der Waals surface area contributed by atoms with Gasteiger partial charge in [-0.15, -0.1) is 0 Å². The van der Waals surface area contributed by atoms with Crippen LogP contribution in [0.4, 0.5) is 0 Å². The molecular weight excluding hydrogens is 364 g/mol. The quantitative estimate of drug-likeness (QED) is 0.766. The normalized spacial score (nSPS) is 19.9. The summed E-state index contributed by atoms with van der Waals surface area (Å²) in [5.74, 6) is 0.431. The Morgan fingerprint density at radius 1 is 1.24 bits per heavy atom. The van der Waals surface area contributed by atoms with E-state index >= 15 is 0 Å². The fraction of sp³-hybridized carbons (Fsp3) is 0.522. The van der Waals surface area contributed by atoms with Gasteiger partial charge in [0.15, 0.2) is 0 Å². The molecule has 1 unspecified atom stereocenters. The highest BCUT2D eigenvalue weighted by Gasteiger charge is 2.58. The van der Waals surface area contributed by atoms with Crippen LogP contribution in [0.2, 0.25) is 0 Å². The highest BCUT2D eigenvalue weighted by Crippen LogP contribution is 2.59. The van der Waals surface area contributed by atoms with Crippen molar-refractivity contribution >= 4 is 11.8 Å². The lowest BCUT2D eigenvalue weighted by molar-refractivity contribution is -0.123. The molecule has 1 aromatic carbocycles. The van der Waals surface area contributed by atoms with Crippen molar-refractivity contribution in [3.05, 3.63) is 53.6 Å². The largest absolute Gasteiger partial charge is 0.356 e. The Kier molecular flexibility index (Phi) is 5.43. The Morgan fingerprint density at radius 2 is 2.03 bits per heavy atom. The third kappa shape index (κ3) is 4.07. The Morgan fingerprint density at radius 3 is 2.76 bits per heavy atom. The van der Waals surface area contributed by atoms with Crippen molar-refractivity contribution in [2.45, 2.75) is 46.1 Å².